The van der Waals surface area contributed by atoms with Crippen molar-refractivity contribution in [2.45, 2.75) is 18.8 Å². The molecule has 0 fully saturated rings. The predicted octanol–water partition coefficient (Wildman–Crippen LogP) is 3.54. The zero-order chi connectivity index (χ0) is 17.1. The number of nitrogens with zero attached hydrogens (tertiary/aromatic N) is 1. The molecule has 3 rings (SSSR count). The van der Waals surface area contributed by atoms with E-state index in [4.69, 9.17) is 5.11 Å². The van der Waals surface area contributed by atoms with E-state index < -0.39 is 5.97 Å². The summed E-state index contributed by atoms with van der Waals surface area (Å²) in [7, 11) is 1.84. The van der Waals surface area contributed by atoms with E-state index in [0.717, 1.165) is 18.4 Å². The molecule has 1 aliphatic carbocycles. The van der Waals surface area contributed by atoms with Crippen LogP contribution in [-0.2, 0) is 11.2 Å². The Bertz CT molecular complexity index is 717. The van der Waals surface area contributed by atoms with Gasteiger partial charge >= 0.3 is 5.97 Å². The monoisotopic (exact) mass is 327 g/mol. The molecule has 2 aromatic rings. The summed E-state index contributed by atoms with van der Waals surface area (Å²) < 4.78 is 13.6. The minimum absolute atomic E-state index is 0.0360. The molecule has 2 atom stereocenters. The Hall–Kier alpha value is -2.20. The zero-order valence-corrected chi connectivity index (χ0v) is 13.8. The lowest BCUT2D eigenvalue weighted by molar-refractivity contribution is -0.138. The minimum Gasteiger partial charge on any atom is -0.480 e. The van der Waals surface area contributed by atoms with E-state index in [1.165, 1.54) is 17.2 Å². The van der Waals surface area contributed by atoms with Gasteiger partial charge in [-0.3, -0.25) is 9.69 Å². The number of hydrogen-bond acceptors (Lipinski definition) is 2. The lowest BCUT2D eigenvalue weighted by Crippen LogP contribution is -2.35. The normalized spacial score (nSPS) is 20.0. The van der Waals surface area contributed by atoms with Crippen molar-refractivity contribution in [2.24, 2.45) is 5.92 Å². The average molecular weight is 327 g/mol. The van der Waals surface area contributed by atoms with E-state index >= 15 is 0 Å². The van der Waals surface area contributed by atoms with Crippen LogP contribution in [0.3, 0.4) is 0 Å². The first kappa shape index (κ1) is 16.7. The summed E-state index contributed by atoms with van der Waals surface area (Å²) in [5.74, 6) is -0.518. The van der Waals surface area contributed by atoms with Crippen LogP contribution >= 0.6 is 0 Å². The van der Waals surface area contributed by atoms with Crippen LogP contribution in [-0.4, -0.2) is 36.1 Å². The molecule has 0 spiro atoms. The van der Waals surface area contributed by atoms with Crippen molar-refractivity contribution >= 4 is 5.97 Å². The van der Waals surface area contributed by atoms with Gasteiger partial charge in [-0.1, -0.05) is 36.4 Å². The Morgan fingerprint density at radius 3 is 2.71 bits per heavy atom. The maximum atomic E-state index is 13.6. The average Bonchev–Trinajstić information content (AvgIpc) is 2.54. The Labute approximate surface area is 141 Å². The molecule has 0 saturated heterocycles. The third-order valence-electron chi connectivity index (χ3n) is 4.81. The molecule has 0 aliphatic heterocycles. The number of fused-ring (bicyclic) bond motifs is 1. The van der Waals surface area contributed by atoms with Gasteiger partial charge in [-0.05, 0) is 54.6 Å². The fourth-order valence-corrected chi connectivity index (χ4v) is 3.86. The number of carboxylic acids is 1. The highest BCUT2D eigenvalue weighted by molar-refractivity contribution is 5.69. The summed E-state index contributed by atoms with van der Waals surface area (Å²) in [6.07, 6.45) is 1.77. The van der Waals surface area contributed by atoms with Crippen molar-refractivity contribution in [3.05, 3.63) is 71.0 Å². The summed E-state index contributed by atoms with van der Waals surface area (Å²) in [6, 6.07) is 15.3. The maximum absolute atomic E-state index is 13.6. The second-order valence-corrected chi connectivity index (χ2v) is 6.62. The summed E-state index contributed by atoms with van der Waals surface area (Å²) in [4.78, 5) is 12.8. The number of halogens is 1. The van der Waals surface area contributed by atoms with Crippen LogP contribution in [0.15, 0.2) is 48.5 Å². The fourth-order valence-electron chi connectivity index (χ4n) is 3.86. The van der Waals surface area contributed by atoms with Crippen LogP contribution in [0, 0.1) is 11.7 Å². The number of aryl methyl sites for hydroxylation is 1. The van der Waals surface area contributed by atoms with Crippen LogP contribution in [0.4, 0.5) is 4.39 Å². The standard InChI is InChI=1S/C20H22FNO2/c1-22(13-19(23)24)12-16-8-7-15-11-17(21)9-10-18(15)20(16)14-5-3-2-4-6-14/h2-6,9-11,16,20H,7-8,12-13H2,1H3,(H,23,24)/t16-,20+/m1/s1. The quantitative estimate of drug-likeness (QED) is 0.913. The van der Waals surface area contributed by atoms with Gasteiger partial charge in [0.25, 0.3) is 0 Å². The second kappa shape index (κ2) is 7.14. The Kier molecular flexibility index (Phi) is 4.95. The van der Waals surface area contributed by atoms with E-state index in [1.807, 2.05) is 36.2 Å². The Balaban J connectivity index is 1.94. The summed E-state index contributed by atoms with van der Waals surface area (Å²) in [5.41, 5.74) is 3.45. The van der Waals surface area contributed by atoms with E-state index in [-0.39, 0.29) is 18.3 Å². The fraction of sp³-hybridized carbons (Fsp3) is 0.350. The van der Waals surface area contributed by atoms with Crippen molar-refractivity contribution in [1.82, 2.24) is 4.90 Å². The third kappa shape index (κ3) is 3.65. The SMILES string of the molecule is CN(CC(=O)O)C[C@H]1CCc2cc(F)ccc2[C@H]1c1ccccc1. The molecule has 24 heavy (non-hydrogen) atoms. The van der Waals surface area contributed by atoms with Crippen molar-refractivity contribution in [2.75, 3.05) is 20.1 Å². The van der Waals surface area contributed by atoms with Crippen LogP contribution in [0.2, 0.25) is 0 Å². The van der Waals surface area contributed by atoms with Gasteiger partial charge in [0.2, 0.25) is 0 Å². The van der Waals surface area contributed by atoms with Crippen LogP contribution in [0.5, 0.6) is 0 Å². The summed E-state index contributed by atoms with van der Waals surface area (Å²) in [5, 5.41) is 9.00. The highest BCUT2D eigenvalue weighted by Gasteiger charge is 2.31. The van der Waals surface area contributed by atoms with Gasteiger partial charge in [0.1, 0.15) is 5.82 Å². The summed E-state index contributed by atoms with van der Waals surface area (Å²) in [6.45, 7) is 0.747. The van der Waals surface area contributed by atoms with Crippen molar-refractivity contribution < 1.29 is 14.3 Å². The molecule has 0 radical (unpaired) electrons. The van der Waals surface area contributed by atoms with Gasteiger partial charge in [-0.25, -0.2) is 4.39 Å². The molecule has 1 N–H and O–H groups in total. The highest BCUT2D eigenvalue weighted by Crippen LogP contribution is 2.41. The number of carbonyl (C=O) groups is 1. The van der Waals surface area contributed by atoms with Gasteiger partial charge in [-0.2, -0.15) is 0 Å². The van der Waals surface area contributed by atoms with E-state index in [0.29, 0.717) is 12.5 Å². The second-order valence-electron chi connectivity index (χ2n) is 6.62. The number of benzene rings is 2. The molecule has 0 bridgehead atoms. The third-order valence-corrected chi connectivity index (χ3v) is 4.81. The highest BCUT2D eigenvalue weighted by atomic mass is 19.1. The smallest absolute Gasteiger partial charge is 0.317 e. The molecule has 3 nitrogen and oxygen atoms in total. The topological polar surface area (TPSA) is 40.5 Å². The first-order chi connectivity index (χ1) is 11.5. The number of carboxylic acid groups (broad SMARTS) is 1. The lowest BCUT2D eigenvalue weighted by atomic mass is 9.71. The number of rotatable bonds is 5. The Morgan fingerprint density at radius 2 is 2.00 bits per heavy atom. The van der Waals surface area contributed by atoms with E-state index in [2.05, 4.69) is 12.1 Å². The van der Waals surface area contributed by atoms with Crippen LogP contribution in [0.25, 0.3) is 0 Å². The molecule has 0 unspecified atom stereocenters. The van der Waals surface area contributed by atoms with Crippen molar-refractivity contribution in [3.8, 4) is 0 Å². The predicted molar refractivity (Wildman–Crippen MR) is 91.6 cm³/mol. The van der Waals surface area contributed by atoms with Crippen LogP contribution in [0.1, 0.15) is 29.0 Å². The minimum atomic E-state index is -0.813. The van der Waals surface area contributed by atoms with Crippen molar-refractivity contribution in [3.63, 3.8) is 0 Å². The van der Waals surface area contributed by atoms with Gasteiger partial charge in [0.05, 0.1) is 6.54 Å². The van der Waals surface area contributed by atoms with Gasteiger partial charge < -0.3 is 5.11 Å². The van der Waals surface area contributed by atoms with E-state index in [9.17, 15) is 9.18 Å². The molecule has 1 aliphatic rings. The van der Waals surface area contributed by atoms with Crippen molar-refractivity contribution in [1.29, 1.82) is 0 Å². The molecule has 0 heterocycles. The number of aliphatic carboxylic acids is 1. The number of hydrogen-bond donors (Lipinski definition) is 1. The number of likely N-dealkylation sites (N-methyl/N-ethyl adjacent to an activating group) is 1. The molecule has 0 aromatic heterocycles. The van der Waals surface area contributed by atoms with Gasteiger partial charge in [0.15, 0.2) is 0 Å². The maximum Gasteiger partial charge on any atom is 0.317 e. The van der Waals surface area contributed by atoms with Crippen LogP contribution < -0.4 is 0 Å². The molecule has 2 aromatic carbocycles. The first-order valence-electron chi connectivity index (χ1n) is 8.28. The molecular weight excluding hydrogens is 305 g/mol. The Morgan fingerprint density at radius 1 is 1.25 bits per heavy atom. The molecule has 0 saturated carbocycles. The van der Waals surface area contributed by atoms with Gasteiger partial charge in [-0.15, -0.1) is 0 Å². The molecular formula is C20H22FNO2. The first-order valence-corrected chi connectivity index (χ1v) is 8.28. The summed E-state index contributed by atoms with van der Waals surface area (Å²) >= 11 is 0. The molecule has 126 valence electrons. The van der Waals surface area contributed by atoms with E-state index in [1.54, 1.807) is 6.07 Å². The molecule has 4 heteroatoms. The van der Waals surface area contributed by atoms with Gasteiger partial charge in [0, 0.05) is 12.5 Å². The lowest BCUT2D eigenvalue weighted by Gasteiger charge is -2.36. The zero-order valence-electron chi connectivity index (χ0n) is 13.8. The molecule has 0 amide bonds. The largest absolute Gasteiger partial charge is 0.480 e.